The normalized spacial score (nSPS) is 15.0. The lowest BCUT2D eigenvalue weighted by atomic mass is 10.1. The molecular weight excluding hydrogens is 206 g/mol. The molecule has 4 nitrogen and oxygen atoms in total. The smallest absolute Gasteiger partial charge is 0.307 e. The highest BCUT2D eigenvalue weighted by Crippen LogP contribution is 2.23. The molecule has 0 aliphatic heterocycles. The van der Waals surface area contributed by atoms with Gasteiger partial charge in [-0.05, 0) is 25.6 Å². The number of rotatable bonds is 6. The van der Waals surface area contributed by atoms with Gasteiger partial charge in [-0.3, -0.25) is 9.69 Å². The van der Waals surface area contributed by atoms with E-state index in [4.69, 9.17) is 9.52 Å². The average molecular weight is 225 g/mol. The first-order valence-corrected chi connectivity index (χ1v) is 5.52. The van der Waals surface area contributed by atoms with Gasteiger partial charge in [-0.15, -0.1) is 0 Å². The van der Waals surface area contributed by atoms with Crippen LogP contribution in [0.5, 0.6) is 0 Å². The summed E-state index contributed by atoms with van der Waals surface area (Å²) in [5.74, 6) is -0.238. The second-order valence-corrected chi connectivity index (χ2v) is 4.12. The molecule has 1 aromatic rings. The third kappa shape index (κ3) is 3.10. The molecule has 2 atom stereocenters. The lowest BCUT2D eigenvalue weighted by Gasteiger charge is -2.26. The third-order valence-corrected chi connectivity index (χ3v) is 2.77. The van der Waals surface area contributed by atoms with Crippen LogP contribution in [0.2, 0.25) is 0 Å². The summed E-state index contributed by atoms with van der Waals surface area (Å²) in [6.07, 6.45) is 2.54. The van der Waals surface area contributed by atoms with Crippen molar-refractivity contribution in [1.82, 2.24) is 4.90 Å². The molecule has 0 aromatic carbocycles. The molecule has 0 saturated carbocycles. The maximum atomic E-state index is 10.8. The molecule has 1 aromatic heterocycles. The van der Waals surface area contributed by atoms with Gasteiger partial charge in [-0.1, -0.05) is 13.8 Å². The molecule has 2 unspecified atom stereocenters. The van der Waals surface area contributed by atoms with Crippen LogP contribution in [-0.2, 0) is 4.79 Å². The molecule has 4 heteroatoms. The lowest BCUT2D eigenvalue weighted by Crippen LogP contribution is -2.31. The van der Waals surface area contributed by atoms with Crippen LogP contribution in [0, 0.1) is 5.92 Å². The third-order valence-electron chi connectivity index (χ3n) is 2.77. The molecule has 0 aliphatic carbocycles. The summed E-state index contributed by atoms with van der Waals surface area (Å²) in [5, 5.41) is 8.87. The Morgan fingerprint density at radius 3 is 2.75 bits per heavy atom. The van der Waals surface area contributed by atoms with Crippen molar-refractivity contribution in [3.05, 3.63) is 24.2 Å². The highest BCUT2D eigenvalue weighted by molar-refractivity contribution is 5.69. The monoisotopic (exact) mass is 225 g/mol. The van der Waals surface area contributed by atoms with E-state index in [1.54, 1.807) is 13.2 Å². The van der Waals surface area contributed by atoms with Gasteiger partial charge in [0.2, 0.25) is 0 Å². The molecular formula is C12H19NO3. The highest BCUT2D eigenvalue weighted by atomic mass is 16.4. The maximum Gasteiger partial charge on any atom is 0.307 e. The highest BCUT2D eigenvalue weighted by Gasteiger charge is 2.21. The minimum absolute atomic E-state index is 0.150. The van der Waals surface area contributed by atoms with Gasteiger partial charge in [0.15, 0.2) is 0 Å². The first kappa shape index (κ1) is 12.8. The van der Waals surface area contributed by atoms with Crippen molar-refractivity contribution >= 4 is 5.97 Å². The Bertz CT molecular complexity index is 321. The number of carboxylic acids is 1. The van der Waals surface area contributed by atoms with E-state index in [0.717, 1.165) is 12.2 Å². The van der Waals surface area contributed by atoms with Crippen LogP contribution < -0.4 is 0 Å². The molecule has 0 spiro atoms. The number of carboxylic acid groups (broad SMARTS) is 1. The van der Waals surface area contributed by atoms with Gasteiger partial charge in [0.1, 0.15) is 5.76 Å². The van der Waals surface area contributed by atoms with E-state index >= 15 is 0 Å². The first-order valence-electron chi connectivity index (χ1n) is 5.52. The second kappa shape index (κ2) is 5.70. The lowest BCUT2D eigenvalue weighted by molar-refractivity contribution is -0.141. The van der Waals surface area contributed by atoms with Gasteiger partial charge in [0.25, 0.3) is 0 Å². The zero-order chi connectivity index (χ0) is 12.1. The Hall–Kier alpha value is -1.29. The van der Waals surface area contributed by atoms with Crippen LogP contribution in [0.1, 0.15) is 32.1 Å². The number of aliphatic carboxylic acids is 1. The number of carbonyl (C=O) groups is 1. The van der Waals surface area contributed by atoms with Crippen LogP contribution in [0.3, 0.4) is 0 Å². The number of hydrogen-bond donors (Lipinski definition) is 1. The molecule has 0 bridgehead atoms. The molecule has 1 N–H and O–H groups in total. The van der Waals surface area contributed by atoms with Gasteiger partial charge < -0.3 is 9.52 Å². The Morgan fingerprint density at radius 1 is 1.62 bits per heavy atom. The van der Waals surface area contributed by atoms with E-state index in [1.165, 1.54) is 0 Å². The largest absolute Gasteiger partial charge is 0.481 e. The number of nitrogens with zero attached hydrogens (tertiary/aromatic N) is 1. The van der Waals surface area contributed by atoms with Crippen LogP contribution in [0.25, 0.3) is 0 Å². The Balaban J connectivity index is 2.63. The maximum absolute atomic E-state index is 10.8. The summed E-state index contributed by atoms with van der Waals surface area (Å²) < 4.78 is 5.36. The predicted molar refractivity (Wildman–Crippen MR) is 61.2 cm³/mol. The van der Waals surface area contributed by atoms with E-state index in [0.29, 0.717) is 6.54 Å². The summed E-state index contributed by atoms with van der Waals surface area (Å²) in [4.78, 5) is 12.8. The van der Waals surface area contributed by atoms with E-state index < -0.39 is 5.97 Å². The Morgan fingerprint density at radius 2 is 2.31 bits per heavy atom. The van der Waals surface area contributed by atoms with Crippen LogP contribution in [0.15, 0.2) is 22.8 Å². The fraction of sp³-hybridized carbons (Fsp3) is 0.583. The summed E-state index contributed by atoms with van der Waals surface area (Å²) in [6, 6.07) is 3.93. The minimum Gasteiger partial charge on any atom is -0.481 e. The SMILES string of the molecule is CCC(c1ccco1)N(C)CC(C)C(=O)O. The van der Waals surface area contributed by atoms with Gasteiger partial charge in [0.05, 0.1) is 18.2 Å². The van der Waals surface area contributed by atoms with Crippen molar-refractivity contribution in [2.24, 2.45) is 5.92 Å². The topological polar surface area (TPSA) is 53.7 Å². The molecule has 1 rings (SSSR count). The Labute approximate surface area is 95.9 Å². The fourth-order valence-corrected chi connectivity index (χ4v) is 1.85. The number of furan rings is 1. The van der Waals surface area contributed by atoms with E-state index in [9.17, 15) is 4.79 Å². The zero-order valence-corrected chi connectivity index (χ0v) is 10.0. The molecule has 90 valence electrons. The van der Waals surface area contributed by atoms with Crippen LogP contribution >= 0.6 is 0 Å². The average Bonchev–Trinajstić information content (AvgIpc) is 2.72. The summed E-state index contributed by atoms with van der Waals surface area (Å²) >= 11 is 0. The predicted octanol–water partition coefficient (Wildman–Crippen LogP) is 2.38. The summed E-state index contributed by atoms with van der Waals surface area (Å²) in [7, 11) is 1.93. The molecule has 0 saturated heterocycles. The van der Waals surface area contributed by atoms with Gasteiger partial charge in [-0.25, -0.2) is 0 Å². The van der Waals surface area contributed by atoms with Gasteiger partial charge >= 0.3 is 5.97 Å². The van der Waals surface area contributed by atoms with E-state index in [-0.39, 0.29) is 12.0 Å². The summed E-state index contributed by atoms with van der Waals surface area (Å²) in [6.45, 7) is 4.30. The van der Waals surface area contributed by atoms with Crippen LogP contribution in [0.4, 0.5) is 0 Å². The van der Waals surface area contributed by atoms with Crippen molar-refractivity contribution in [2.45, 2.75) is 26.3 Å². The van der Waals surface area contributed by atoms with Crippen LogP contribution in [-0.4, -0.2) is 29.6 Å². The van der Waals surface area contributed by atoms with Crippen molar-refractivity contribution < 1.29 is 14.3 Å². The molecule has 0 aliphatic rings. The second-order valence-electron chi connectivity index (χ2n) is 4.12. The van der Waals surface area contributed by atoms with Crippen molar-refractivity contribution in [3.63, 3.8) is 0 Å². The minimum atomic E-state index is -0.763. The fourth-order valence-electron chi connectivity index (χ4n) is 1.85. The van der Waals surface area contributed by atoms with Crippen molar-refractivity contribution in [3.8, 4) is 0 Å². The summed E-state index contributed by atoms with van der Waals surface area (Å²) in [5.41, 5.74) is 0. The molecule has 16 heavy (non-hydrogen) atoms. The molecule has 1 heterocycles. The molecule has 0 radical (unpaired) electrons. The van der Waals surface area contributed by atoms with Gasteiger partial charge in [0, 0.05) is 6.54 Å². The quantitative estimate of drug-likeness (QED) is 0.807. The first-order chi connectivity index (χ1) is 7.56. The Kier molecular flexibility index (Phi) is 4.55. The standard InChI is InChI=1S/C12H19NO3/c1-4-10(11-6-5-7-16-11)13(3)8-9(2)12(14)15/h5-7,9-10H,4,8H2,1-3H3,(H,14,15). The van der Waals surface area contributed by atoms with Crippen molar-refractivity contribution in [1.29, 1.82) is 0 Å². The van der Waals surface area contributed by atoms with E-state index in [1.807, 2.05) is 24.1 Å². The van der Waals surface area contributed by atoms with E-state index in [2.05, 4.69) is 6.92 Å². The molecule has 0 amide bonds. The zero-order valence-electron chi connectivity index (χ0n) is 10.0. The van der Waals surface area contributed by atoms with Gasteiger partial charge in [-0.2, -0.15) is 0 Å². The molecule has 0 fully saturated rings. The number of hydrogen-bond acceptors (Lipinski definition) is 3. The van der Waals surface area contributed by atoms with Crippen molar-refractivity contribution in [2.75, 3.05) is 13.6 Å².